The van der Waals surface area contributed by atoms with Gasteiger partial charge in [-0.25, -0.2) is 0 Å². The summed E-state index contributed by atoms with van der Waals surface area (Å²) in [6.07, 6.45) is 0. The van der Waals surface area contributed by atoms with Gasteiger partial charge in [-0.05, 0) is 0 Å². The van der Waals surface area contributed by atoms with Crippen molar-refractivity contribution in [2.45, 2.75) is 0 Å². The minimum absolute atomic E-state index is 0. The quantitative estimate of drug-likeness (QED) is 0.278. The minimum Gasteiger partial charge on any atom is -0.554 e. The van der Waals surface area contributed by atoms with E-state index in [0.717, 1.165) is 0 Å². The summed E-state index contributed by atoms with van der Waals surface area (Å²) in [5.74, 6) is 0. The fourth-order valence-electron chi connectivity index (χ4n) is 0.760. The third kappa shape index (κ3) is 38.5. The Balaban J connectivity index is -0.000000102. The average molecular weight is 279 g/mol. The van der Waals surface area contributed by atoms with E-state index in [1.165, 1.54) is 0 Å². The summed E-state index contributed by atoms with van der Waals surface area (Å²) < 4.78 is 0. The molecule has 4 N–H and O–H groups in total. The van der Waals surface area contributed by atoms with E-state index in [0.29, 0.717) is 19.6 Å². The smallest absolute Gasteiger partial charge is 0.554 e. The molecule has 0 aromatic rings. The molecule has 0 heterocycles. The number of hydrogen-bond acceptors (Lipinski definition) is 7. The van der Waals surface area contributed by atoms with Crippen molar-refractivity contribution < 1.29 is 86.5 Å². The molecule has 0 spiro atoms. The number of nitrogens with zero attached hydrogens (tertiary/aromatic N) is 1. The zero-order chi connectivity index (χ0) is 13.2. The maximum absolute atomic E-state index is 8.48. The van der Waals surface area contributed by atoms with Gasteiger partial charge >= 0.3 is 51.4 Å². The first kappa shape index (κ1) is 26.1. The number of aliphatic hydroxyl groups excluding tert-OH is 3. The van der Waals surface area contributed by atoms with Gasteiger partial charge in [0.25, 0.3) is 6.47 Å². The second-order valence-electron chi connectivity index (χ2n) is 2.21. The molecule has 0 aromatic heterocycles. The molecule has 17 heavy (non-hydrogen) atoms. The molecular weight excluding hydrogens is 261 g/mol. The molecule has 0 fully saturated rings. The van der Waals surface area contributed by atoms with E-state index in [-0.39, 0.29) is 77.7 Å². The maximum atomic E-state index is 8.48. The Kier molecular flexibility index (Phi) is 45.9. The van der Waals surface area contributed by atoms with Gasteiger partial charge in [0.15, 0.2) is 0 Å². The van der Waals surface area contributed by atoms with Gasteiger partial charge in [0, 0.05) is 26.1 Å². The molecule has 8 nitrogen and oxygen atoms in total. The summed E-state index contributed by atoms with van der Waals surface area (Å²) in [6, 6.07) is 0. The standard InChI is InChI=1S/C6H15NO3.2CH2O2.K/c8-4-1-7(2-5-9)3-6-10;2*2-1-3;/h8-10H,1-6H2;2*1H,(H,2,3);/q;;;+1/p-1. The number of rotatable bonds is 6. The molecule has 9 heteroatoms. The number of hydrogen-bond donors (Lipinski definition) is 4. The summed E-state index contributed by atoms with van der Waals surface area (Å²) >= 11 is 0. The molecule has 0 radical (unpaired) electrons. The van der Waals surface area contributed by atoms with Crippen LogP contribution >= 0.6 is 0 Å². The topological polar surface area (TPSA) is 141 Å². The van der Waals surface area contributed by atoms with Crippen molar-refractivity contribution in [2.24, 2.45) is 0 Å². The summed E-state index contributed by atoms with van der Waals surface area (Å²) in [5.41, 5.74) is 0. The first-order chi connectivity index (χ1) is 7.67. The van der Waals surface area contributed by atoms with Gasteiger partial charge in [0.05, 0.1) is 19.8 Å². The summed E-state index contributed by atoms with van der Waals surface area (Å²) in [5, 5.41) is 40.6. The molecule has 0 aliphatic rings. The van der Waals surface area contributed by atoms with E-state index in [9.17, 15) is 0 Å². The van der Waals surface area contributed by atoms with Gasteiger partial charge in [-0.3, -0.25) is 9.69 Å². The van der Waals surface area contributed by atoms with Crippen molar-refractivity contribution in [3.8, 4) is 0 Å². The van der Waals surface area contributed by atoms with Gasteiger partial charge in [-0.15, -0.1) is 0 Å². The molecule has 0 rings (SSSR count). The number of aliphatic hydroxyl groups is 3. The van der Waals surface area contributed by atoms with Crippen LogP contribution in [0.3, 0.4) is 0 Å². The fraction of sp³-hybridized carbons (Fsp3) is 0.750. The Morgan fingerprint density at radius 2 is 1.12 bits per heavy atom. The van der Waals surface area contributed by atoms with Crippen molar-refractivity contribution >= 4 is 12.9 Å². The Hall–Kier alpha value is 0.416. The van der Waals surface area contributed by atoms with Crippen molar-refractivity contribution in [1.82, 2.24) is 4.90 Å². The monoisotopic (exact) mass is 279 g/mol. The molecule has 0 saturated heterocycles. The van der Waals surface area contributed by atoms with Crippen LogP contribution in [0.25, 0.3) is 0 Å². The molecule has 0 amide bonds. The number of carboxylic acid groups (broad SMARTS) is 2. The van der Waals surface area contributed by atoms with Crippen LogP contribution < -0.4 is 56.5 Å². The minimum atomic E-state index is -0.500. The number of carbonyl (C=O) groups is 2. The normalized spacial score (nSPS) is 7.76. The number of carbonyl (C=O) groups excluding carboxylic acids is 1. The summed E-state index contributed by atoms with van der Waals surface area (Å²) in [7, 11) is 0. The van der Waals surface area contributed by atoms with Gasteiger partial charge < -0.3 is 30.3 Å². The molecular formula is C8H18KNO7. The molecule has 0 atom stereocenters. The predicted molar refractivity (Wildman–Crippen MR) is 52.5 cm³/mol. The van der Waals surface area contributed by atoms with Crippen LogP contribution in [-0.4, -0.2) is 77.7 Å². The SMILES string of the molecule is O=CO.O=C[O-].OCCN(CCO)CCO.[K+]. The maximum Gasteiger partial charge on any atom is 1.00 e. The van der Waals surface area contributed by atoms with Crippen LogP contribution in [0.15, 0.2) is 0 Å². The van der Waals surface area contributed by atoms with E-state index in [1.807, 2.05) is 0 Å². The van der Waals surface area contributed by atoms with Crippen LogP contribution in [0.4, 0.5) is 0 Å². The molecule has 0 saturated carbocycles. The third-order valence-corrected chi connectivity index (χ3v) is 1.25. The molecule has 0 bridgehead atoms. The third-order valence-electron chi connectivity index (χ3n) is 1.25. The Morgan fingerprint density at radius 3 is 1.24 bits per heavy atom. The van der Waals surface area contributed by atoms with E-state index >= 15 is 0 Å². The largest absolute Gasteiger partial charge is 1.00 e. The van der Waals surface area contributed by atoms with Crippen molar-refractivity contribution in [2.75, 3.05) is 39.5 Å². The van der Waals surface area contributed by atoms with E-state index in [1.54, 1.807) is 4.90 Å². The first-order valence-corrected chi connectivity index (χ1v) is 4.36. The molecule has 0 unspecified atom stereocenters. The predicted octanol–water partition coefficient (Wildman–Crippen LogP) is -6.66. The Morgan fingerprint density at radius 1 is 0.941 bits per heavy atom. The van der Waals surface area contributed by atoms with Crippen LogP contribution in [0.5, 0.6) is 0 Å². The van der Waals surface area contributed by atoms with Gasteiger partial charge in [-0.1, -0.05) is 0 Å². The Bertz CT molecular complexity index is 119. The molecule has 0 aromatic carbocycles. The Labute approximate surface area is 142 Å². The van der Waals surface area contributed by atoms with E-state index in [2.05, 4.69) is 0 Å². The zero-order valence-electron chi connectivity index (χ0n) is 9.86. The van der Waals surface area contributed by atoms with Crippen LogP contribution in [0.2, 0.25) is 0 Å². The zero-order valence-corrected chi connectivity index (χ0v) is 13.0. The van der Waals surface area contributed by atoms with E-state index < -0.39 is 6.47 Å². The van der Waals surface area contributed by atoms with Crippen molar-refractivity contribution in [1.29, 1.82) is 0 Å². The van der Waals surface area contributed by atoms with Crippen molar-refractivity contribution in [3.63, 3.8) is 0 Å². The van der Waals surface area contributed by atoms with Gasteiger partial charge in [0.1, 0.15) is 0 Å². The average Bonchev–Trinajstić information content (AvgIpc) is 2.21. The van der Waals surface area contributed by atoms with E-state index in [4.69, 9.17) is 35.1 Å². The summed E-state index contributed by atoms with van der Waals surface area (Å²) in [4.78, 5) is 18.4. The van der Waals surface area contributed by atoms with Gasteiger partial charge in [0.2, 0.25) is 0 Å². The molecule has 0 aliphatic carbocycles. The van der Waals surface area contributed by atoms with Crippen LogP contribution in [0.1, 0.15) is 0 Å². The first-order valence-electron chi connectivity index (χ1n) is 4.36. The fourth-order valence-corrected chi connectivity index (χ4v) is 0.760. The molecule has 0 aliphatic heterocycles. The van der Waals surface area contributed by atoms with Crippen molar-refractivity contribution in [3.05, 3.63) is 0 Å². The second-order valence-corrected chi connectivity index (χ2v) is 2.21. The second kappa shape index (κ2) is 29.9. The van der Waals surface area contributed by atoms with Crippen LogP contribution in [0, 0.1) is 0 Å². The van der Waals surface area contributed by atoms with Gasteiger partial charge in [-0.2, -0.15) is 0 Å². The molecule has 98 valence electrons. The summed E-state index contributed by atoms with van der Waals surface area (Å²) in [6.45, 7) is 1.00. The van der Waals surface area contributed by atoms with Crippen LogP contribution in [-0.2, 0) is 9.59 Å².